The van der Waals surface area contributed by atoms with Crippen LogP contribution in [0.1, 0.15) is 10.4 Å². The maximum Gasteiger partial charge on any atom is 0.253 e. The minimum Gasteiger partial charge on any atom is -0.497 e. The number of carbonyl (C=O) groups excluding carboxylic acids is 1. The average Bonchev–Trinajstić information content (AvgIpc) is 2.69. The Bertz CT molecular complexity index is 711. The molecule has 6 heteroatoms. The van der Waals surface area contributed by atoms with E-state index < -0.39 is 0 Å². The number of amides is 1. The van der Waals surface area contributed by atoms with Crippen LogP contribution in [0, 0.1) is 5.82 Å². The van der Waals surface area contributed by atoms with Crippen molar-refractivity contribution in [2.75, 3.05) is 46.4 Å². The normalized spacial score (nSPS) is 14.9. The van der Waals surface area contributed by atoms with Crippen LogP contribution >= 0.6 is 0 Å². The van der Waals surface area contributed by atoms with Gasteiger partial charge < -0.3 is 14.4 Å². The van der Waals surface area contributed by atoms with E-state index in [1.54, 1.807) is 43.5 Å². The van der Waals surface area contributed by atoms with Gasteiger partial charge in [0.05, 0.1) is 7.11 Å². The molecule has 0 aliphatic carbocycles. The summed E-state index contributed by atoms with van der Waals surface area (Å²) in [5.41, 5.74) is 0.680. The fraction of sp³-hybridized carbons (Fsp3) is 0.350. The lowest BCUT2D eigenvalue weighted by Gasteiger charge is -2.34. The molecular formula is C20H23FN2O3. The smallest absolute Gasteiger partial charge is 0.253 e. The summed E-state index contributed by atoms with van der Waals surface area (Å²) in [6, 6.07) is 13.2. The van der Waals surface area contributed by atoms with E-state index in [9.17, 15) is 9.18 Å². The third-order valence-corrected chi connectivity index (χ3v) is 4.49. The first-order chi connectivity index (χ1) is 12.7. The highest BCUT2D eigenvalue weighted by Crippen LogP contribution is 2.15. The maximum atomic E-state index is 12.9. The maximum absolute atomic E-state index is 12.9. The van der Waals surface area contributed by atoms with Gasteiger partial charge in [-0.3, -0.25) is 9.69 Å². The van der Waals surface area contributed by atoms with Gasteiger partial charge >= 0.3 is 0 Å². The molecule has 2 aromatic rings. The van der Waals surface area contributed by atoms with Gasteiger partial charge in [0, 0.05) is 38.3 Å². The molecule has 1 amide bonds. The zero-order valence-corrected chi connectivity index (χ0v) is 14.9. The summed E-state index contributed by atoms with van der Waals surface area (Å²) < 4.78 is 23.6. The Morgan fingerprint density at radius 1 is 0.962 bits per heavy atom. The molecule has 0 saturated carbocycles. The number of nitrogens with zero attached hydrogens (tertiary/aromatic N) is 2. The molecule has 0 unspecified atom stereocenters. The standard InChI is InChI=1S/C20H23FN2O3/c1-25-18-6-2-16(3-7-18)20(24)23-12-10-22(11-13-23)14-15-26-19-8-4-17(21)5-9-19/h2-9H,10-15H2,1H3. The van der Waals surface area contributed by atoms with Gasteiger partial charge in [-0.1, -0.05) is 0 Å². The van der Waals surface area contributed by atoms with Gasteiger partial charge in [-0.2, -0.15) is 0 Å². The van der Waals surface area contributed by atoms with Crippen LogP contribution in [-0.2, 0) is 0 Å². The van der Waals surface area contributed by atoms with E-state index in [0.717, 1.165) is 25.4 Å². The lowest BCUT2D eigenvalue weighted by Crippen LogP contribution is -2.49. The van der Waals surface area contributed by atoms with Crippen molar-refractivity contribution in [3.8, 4) is 11.5 Å². The van der Waals surface area contributed by atoms with Crippen LogP contribution in [-0.4, -0.2) is 62.1 Å². The van der Waals surface area contributed by atoms with Crippen molar-refractivity contribution < 1.29 is 18.7 Å². The van der Waals surface area contributed by atoms with Crippen molar-refractivity contribution >= 4 is 5.91 Å². The predicted octanol–water partition coefficient (Wildman–Crippen LogP) is 2.67. The molecule has 5 nitrogen and oxygen atoms in total. The van der Waals surface area contributed by atoms with E-state index in [0.29, 0.717) is 31.0 Å². The van der Waals surface area contributed by atoms with Crippen LogP contribution in [0.4, 0.5) is 4.39 Å². The summed E-state index contributed by atoms with van der Waals surface area (Å²) in [5.74, 6) is 1.19. The summed E-state index contributed by atoms with van der Waals surface area (Å²) in [5, 5.41) is 0. The Hall–Kier alpha value is -2.60. The number of halogens is 1. The zero-order chi connectivity index (χ0) is 18.4. The Labute approximate surface area is 152 Å². The number of hydrogen-bond donors (Lipinski definition) is 0. The molecule has 0 spiro atoms. The number of ether oxygens (including phenoxy) is 2. The fourth-order valence-corrected chi connectivity index (χ4v) is 2.91. The highest BCUT2D eigenvalue weighted by Gasteiger charge is 2.22. The Balaban J connectivity index is 1.41. The van der Waals surface area contributed by atoms with Crippen LogP contribution in [0.2, 0.25) is 0 Å². The highest BCUT2D eigenvalue weighted by atomic mass is 19.1. The van der Waals surface area contributed by atoms with Gasteiger partial charge in [-0.15, -0.1) is 0 Å². The monoisotopic (exact) mass is 358 g/mol. The predicted molar refractivity (Wildman–Crippen MR) is 97.2 cm³/mol. The van der Waals surface area contributed by atoms with E-state index in [1.807, 2.05) is 4.90 Å². The quantitative estimate of drug-likeness (QED) is 0.796. The van der Waals surface area contributed by atoms with E-state index in [1.165, 1.54) is 12.1 Å². The Morgan fingerprint density at radius 2 is 1.58 bits per heavy atom. The second-order valence-electron chi connectivity index (χ2n) is 6.16. The highest BCUT2D eigenvalue weighted by molar-refractivity contribution is 5.94. The van der Waals surface area contributed by atoms with Gasteiger partial charge in [-0.25, -0.2) is 4.39 Å². The van der Waals surface area contributed by atoms with E-state index in [2.05, 4.69) is 4.90 Å². The van der Waals surface area contributed by atoms with Crippen molar-refractivity contribution in [2.45, 2.75) is 0 Å². The van der Waals surface area contributed by atoms with Gasteiger partial charge in [0.2, 0.25) is 0 Å². The molecule has 3 rings (SSSR count). The lowest BCUT2D eigenvalue weighted by atomic mass is 10.1. The first-order valence-corrected chi connectivity index (χ1v) is 8.70. The van der Waals surface area contributed by atoms with Crippen molar-refractivity contribution in [1.29, 1.82) is 0 Å². The molecule has 0 atom stereocenters. The number of rotatable bonds is 6. The molecule has 0 aromatic heterocycles. The van der Waals surface area contributed by atoms with Gasteiger partial charge in [0.15, 0.2) is 0 Å². The van der Waals surface area contributed by atoms with Crippen LogP contribution in [0.3, 0.4) is 0 Å². The van der Waals surface area contributed by atoms with Crippen molar-refractivity contribution in [3.05, 3.63) is 59.9 Å². The van der Waals surface area contributed by atoms with Crippen LogP contribution < -0.4 is 9.47 Å². The van der Waals surface area contributed by atoms with E-state index in [4.69, 9.17) is 9.47 Å². The summed E-state index contributed by atoms with van der Waals surface area (Å²) in [6.07, 6.45) is 0. The molecule has 1 saturated heterocycles. The first-order valence-electron chi connectivity index (χ1n) is 8.70. The third-order valence-electron chi connectivity index (χ3n) is 4.49. The largest absolute Gasteiger partial charge is 0.497 e. The second-order valence-corrected chi connectivity index (χ2v) is 6.16. The van der Waals surface area contributed by atoms with Gasteiger partial charge in [0.1, 0.15) is 23.9 Å². The summed E-state index contributed by atoms with van der Waals surface area (Å²) in [6.45, 7) is 4.34. The molecule has 1 aliphatic rings. The Morgan fingerprint density at radius 3 is 2.19 bits per heavy atom. The number of piperazine rings is 1. The zero-order valence-electron chi connectivity index (χ0n) is 14.9. The van der Waals surface area contributed by atoms with Crippen molar-refractivity contribution in [1.82, 2.24) is 9.80 Å². The molecule has 0 bridgehead atoms. The summed E-state index contributed by atoms with van der Waals surface area (Å²) in [7, 11) is 1.61. The average molecular weight is 358 g/mol. The molecule has 1 heterocycles. The molecule has 138 valence electrons. The topological polar surface area (TPSA) is 42.0 Å². The van der Waals surface area contributed by atoms with Gasteiger partial charge in [-0.05, 0) is 48.5 Å². The summed E-state index contributed by atoms with van der Waals surface area (Å²) >= 11 is 0. The minimum absolute atomic E-state index is 0.0508. The molecule has 2 aromatic carbocycles. The number of methoxy groups -OCH3 is 1. The van der Waals surface area contributed by atoms with E-state index in [-0.39, 0.29) is 11.7 Å². The van der Waals surface area contributed by atoms with Crippen molar-refractivity contribution in [2.24, 2.45) is 0 Å². The molecule has 0 N–H and O–H groups in total. The molecule has 1 aliphatic heterocycles. The number of hydrogen-bond acceptors (Lipinski definition) is 4. The third kappa shape index (κ3) is 4.73. The fourth-order valence-electron chi connectivity index (χ4n) is 2.91. The van der Waals surface area contributed by atoms with Crippen LogP contribution in [0.15, 0.2) is 48.5 Å². The van der Waals surface area contributed by atoms with Gasteiger partial charge in [0.25, 0.3) is 5.91 Å². The molecule has 1 fully saturated rings. The second kappa shape index (κ2) is 8.67. The molecule has 26 heavy (non-hydrogen) atoms. The Kier molecular flexibility index (Phi) is 6.07. The van der Waals surface area contributed by atoms with Crippen LogP contribution in [0.25, 0.3) is 0 Å². The number of carbonyl (C=O) groups is 1. The minimum atomic E-state index is -0.269. The molecular weight excluding hydrogens is 335 g/mol. The lowest BCUT2D eigenvalue weighted by molar-refractivity contribution is 0.0620. The summed E-state index contributed by atoms with van der Waals surface area (Å²) in [4.78, 5) is 16.7. The number of benzene rings is 2. The first kappa shape index (κ1) is 18.2. The SMILES string of the molecule is COc1ccc(C(=O)N2CCN(CCOc3ccc(F)cc3)CC2)cc1. The molecule has 0 radical (unpaired) electrons. The van der Waals surface area contributed by atoms with Crippen LogP contribution in [0.5, 0.6) is 11.5 Å². The van der Waals surface area contributed by atoms with Crippen molar-refractivity contribution in [3.63, 3.8) is 0 Å². The van der Waals surface area contributed by atoms with E-state index >= 15 is 0 Å².